The van der Waals surface area contributed by atoms with Crippen molar-refractivity contribution < 1.29 is 40.5 Å². The van der Waals surface area contributed by atoms with Crippen molar-refractivity contribution in [3.8, 4) is 11.1 Å². The van der Waals surface area contributed by atoms with Crippen molar-refractivity contribution >= 4 is 5.90 Å². The Morgan fingerprint density at radius 2 is 1.36 bits per heavy atom. The molecule has 0 spiro atoms. The second-order valence-electron chi connectivity index (χ2n) is 4.75. The van der Waals surface area contributed by atoms with Crippen LogP contribution in [0.1, 0.15) is 0 Å². The van der Waals surface area contributed by atoms with Crippen LogP contribution in [0.3, 0.4) is 0 Å². The van der Waals surface area contributed by atoms with Gasteiger partial charge in [-0.15, -0.1) is 0 Å². The first-order valence-electron chi connectivity index (χ1n) is 6.47. The van der Waals surface area contributed by atoms with Crippen LogP contribution in [0.25, 0.3) is 11.1 Å². The minimum absolute atomic E-state index is 0.410. The van der Waals surface area contributed by atoms with Crippen LogP contribution in [-0.4, -0.2) is 28.9 Å². The Hall–Kier alpha value is -2.72. The van der Waals surface area contributed by atoms with E-state index in [1.807, 2.05) is 0 Å². The highest BCUT2D eigenvalue weighted by atomic mass is 19.4. The molecule has 4 nitrogen and oxygen atoms in total. The van der Waals surface area contributed by atoms with E-state index < -0.39 is 23.9 Å². The summed E-state index contributed by atoms with van der Waals surface area (Å²) in [6, 6.07) is 5.82. The molecule has 0 saturated heterocycles. The molecule has 0 aliphatic heterocycles. The van der Waals surface area contributed by atoms with Gasteiger partial charge in [0.2, 0.25) is 12.4 Å². The highest BCUT2D eigenvalue weighted by Gasteiger charge is 2.73. The fourth-order valence-corrected chi connectivity index (χ4v) is 1.70. The van der Waals surface area contributed by atoms with Crippen molar-refractivity contribution in [1.29, 1.82) is 0 Å². The van der Waals surface area contributed by atoms with E-state index in [9.17, 15) is 35.8 Å². The largest absolute Gasteiger partial charge is 0.853 e. The average Bonchev–Trinajstić information content (AvgIpc) is 2.55. The lowest BCUT2D eigenvalue weighted by Gasteiger charge is -2.29. The highest BCUT2D eigenvalue weighted by Crippen LogP contribution is 2.46. The summed E-state index contributed by atoms with van der Waals surface area (Å²) in [5.41, 5.74) is 1.22. The molecule has 0 bridgehead atoms. The Morgan fingerprint density at radius 3 is 1.84 bits per heavy atom. The maximum Gasteiger partial charge on any atom is 0.460 e. The summed E-state index contributed by atoms with van der Waals surface area (Å²) in [5, 5.41) is 13.7. The third-order valence-electron chi connectivity index (χ3n) is 3.05. The number of hydrogen-bond donors (Lipinski definition) is 0. The molecule has 2 aromatic rings. The van der Waals surface area contributed by atoms with Crippen LogP contribution in [0, 0.1) is 0 Å². The second-order valence-corrected chi connectivity index (χ2v) is 4.75. The fourth-order valence-electron chi connectivity index (χ4n) is 1.70. The molecule has 0 aromatic carbocycles. The molecule has 25 heavy (non-hydrogen) atoms. The van der Waals surface area contributed by atoms with E-state index >= 15 is 0 Å². The summed E-state index contributed by atoms with van der Waals surface area (Å²) in [6.45, 7) is 0. The quantitative estimate of drug-likeness (QED) is 0.361. The van der Waals surface area contributed by atoms with Gasteiger partial charge in [-0.25, -0.2) is 0 Å². The summed E-state index contributed by atoms with van der Waals surface area (Å²) in [6.07, 6.45) is -1.74. The van der Waals surface area contributed by atoms with Crippen LogP contribution >= 0.6 is 0 Å². The predicted molar refractivity (Wildman–Crippen MR) is 68.7 cm³/mol. The SMILES string of the molecule is [O-]/C(=N\[n+]1ccc(-c2ccncc2)cc1)C(F)(F)C(F)(F)C(F)(F)F. The van der Waals surface area contributed by atoms with E-state index in [1.54, 1.807) is 12.1 Å². The van der Waals surface area contributed by atoms with Gasteiger partial charge in [-0.3, -0.25) is 4.98 Å². The number of nitrogens with zero attached hydrogens (tertiary/aromatic N) is 3. The minimum atomic E-state index is -6.60. The number of halogens is 7. The molecule has 0 radical (unpaired) electrons. The van der Waals surface area contributed by atoms with Gasteiger partial charge in [-0.1, -0.05) is 4.68 Å². The Morgan fingerprint density at radius 1 is 0.880 bits per heavy atom. The van der Waals surface area contributed by atoms with E-state index in [1.165, 1.54) is 24.5 Å². The van der Waals surface area contributed by atoms with E-state index in [2.05, 4.69) is 10.1 Å². The topological polar surface area (TPSA) is 52.2 Å². The first kappa shape index (κ1) is 18.6. The third kappa shape index (κ3) is 3.54. The van der Waals surface area contributed by atoms with Gasteiger partial charge in [0.05, 0.1) is 0 Å². The lowest BCUT2D eigenvalue weighted by atomic mass is 10.1. The molecule has 2 aromatic heterocycles. The first-order valence-corrected chi connectivity index (χ1v) is 6.47. The third-order valence-corrected chi connectivity index (χ3v) is 3.05. The number of alkyl halides is 7. The van der Waals surface area contributed by atoms with Crippen molar-refractivity contribution in [2.75, 3.05) is 0 Å². The van der Waals surface area contributed by atoms with Crippen LogP contribution in [-0.2, 0) is 0 Å². The second kappa shape index (κ2) is 6.30. The fraction of sp³-hybridized carbons (Fsp3) is 0.214. The van der Waals surface area contributed by atoms with Crippen molar-refractivity contribution in [3.63, 3.8) is 0 Å². The maximum absolute atomic E-state index is 13.2. The molecule has 0 amide bonds. The van der Waals surface area contributed by atoms with Crippen molar-refractivity contribution in [1.82, 2.24) is 4.98 Å². The van der Waals surface area contributed by atoms with E-state index in [-0.39, 0.29) is 0 Å². The number of pyridine rings is 2. The van der Waals surface area contributed by atoms with Crippen LogP contribution in [0.15, 0.2) is 54.2 Å². The predicted octanol–water partition coefficient (Wildman–Crippen LogP) is 2.39. The lowest BCUT2D eigenvalue weighted by Crippen LogP contribution is -2.60. The maximum atomic E-state index is 13.2. The molecule has 2 heterocycles. The first-order chi connectivity index (χ1) is 11.5. The Labute approximate surface area is 135 Å². The van der Waals surface area contributed by atoms with Crippen LogP contribution in [0.2, 0.25) is 0 Å². The molecule has 0 fully saturated rings. The zero-order chi connectivity index (χ0) is 18.9. The van der Waals surface area contributed by atoms with Gasteiger partial charge < -0.3 is 5.11 Å². The zero-order valence-corrected chi connectivity index (χ0v) is 12.0. The van der Waals surface area contributed by atoms with E-state index in [0.717, 1.165) is 12.4 Å². The summed E-state index contributed by atoms with van der Waals surface area (Å²) in [4.78, 5) is 3.78. The van der Waals surface area contributed by atoms with E-state index in [0.29, 0.717) is 15.8 Å². The number of rotatable bonds is 4. The van der Waals surface area contributed by atoms with Gasteiger partial charge >= 0.3 is 18.0 Å². The van der Waals surface area contributed by atoms with Crippen LogP contribution in [0.5, 0.6) is 0 Å². The molecular weight excluding hydrogens is 359 g/mol. The van der Waals surface area contributed by atoms with E-state index in [4.69, 9.17) is 0 Å². The van der Waals surface area contributed by atoms with Crippen LogP contribution in [0.4, 0.5) is 30.7 Å². The molecular formula is C14H8F7N3O. The summed E-state index contributed by atoms with van der Waals surface area (Å²) >= 11 is 0. The molecule has 0 saturated carbocycles. The van der Waals surface area contributed by atoms with Crippen molar-refractivity contribution in [2.24, 2.45) is 5.10 Å². The van der Waals surface area contributed by atoms with Crippen LogP contribution < -0.4 is 9.78 Å². The van der Waals surface area contributed by atoms with Gasteiger partial charge in [0.15, 0.2) is 0 Å². The molecule has 0 aliphatic carbocycles. The van der Waals surface area contributed by atoms with Gasteiger partial charge in [0, 0.05) is 24.5 Å². The number of hydrogen-bond acceptors (Lipinski definition) is 3. The normalized spacial score (nSPS) is 13.8. The van der Waals surface area contributed by atoms with Gasteiger partial charge in [0.25, 0.3) is 0 Å². The summed E-state index contributed by atoms with van der Waals surface area (Å²) < 4.78 is 88.4. The Bertz CT molecular complexity index is 758. The molecule has 2 rings (SSSR count). The average molecular weight is 367 g/mol. The smallest absolute Gasteiger partial charge is 0.460 e. The number of aromatic nitrogens is 2. The Kier molecular flexibility index (Phi) is 4.69. The molecule has 0 unspecified atom stereocenters. The minimum Gasteiger partial charge on any atom is -0.853 e. The summed E-state index contributed by atoms with van der Waals surface area (Å²) in [7, 11) is 0. The standard InChI is InChI=1S/C14H8F7N3O/c15-12(16,13(17,18)14(19,20)21)11(25)23-24-7-3-10(4-8-24)9-1-5-22-6-2-9/h1-8H. The highest BCUT2D eigenvalue weighted by molar-refractivity contribution is 5.80. The molecule has 11 heteroatoms. The lowest BCUT2D eigenvalue weighted by molar-refractivity contribution is -0.682. The van der Waals surface area contributed by atoms with Gasteiger partial charge in [-0.05, 0) is 28.4 Å². The molecule has 0 aliphatic rings. The van der Waals surface area contributed by atoms with Gasteiger partial charge in [0.1, 0.15) is 5.90 Å². The van der Waals surface area contributed by atoms with Crippen molar-refractivity contribution in [2.45, 2.75) is 18.0 Å². The summed E-state index contributed by atoms with van der Waals surface area (Å²) in [5.74, 6) is -15.5. The molecule has 134 valence electrons. The zero-order valence-electron chi connectivity index (χ0n) is 12.0. The molecule has 0 N–H and O–H groups in total. The Balaban J connectivity index is 2.30. The molecule has 0 atom stereocenters. The monoisotopic (exact) mass is 367 g/mol. The van der Waals surface area contributed by atoms with Crippen molar-refractivity contribution in [3.05, 3.63) is 49.1 Å². The van der Waals surface area contributed by atoms with Gasteiger partial charge in [-0.2, -0.15) is 30.7 Å².